The number of likely N-dealkylation sites (tertiary alicyclic amines) is 1. The normalized spacial score (nSPS) is 26.2. The van der Waals surface area contributed by atoms with Crippen LogP contribution >= 0.6 is 0 Å². The van der Waals surface area contributed by atoms with Crippen molar-refractivity contribution >= 4 is 11.9 Å². The maximum Gasteiger partial charge on any atom is 0.303 e. The van der Waals surface area contributed by atoms with Crippen LogP contribution in [-0.4, -0.2) is 64.9 Å². The highest BCUT2D eigenvalue weighted by atomic mass is 16.7. The molecule has 0 aliphatic carbocycles. The second-order valence-electron chi connectivity index (χ2n) is 10.5. The number of rotatable bonds is 10. The number of hydrogen-bond acceptors (Lipinski definition) is 8. The lowest BCUT2D eigenvalue weighted by molar-refractivity contribution is -0.276. The molecule has 2 aromatic carbocycles. The van der Waals surface area contributed by atoms with E-state index >= 15 is 0 Å². The van der Waals surface area contributed by atoms with Gasteiger partial charge in [-0.1, -0.05) is 55.5 Å². The molecule has 4 rings (SSSR count). The topological polar surface area (TPSA) is 118 Å². The Labute approximate surface area is 230 Å². The molecule has 2 aromatic rings. The summed E-state index contributed by atoms with van der Waals surface area (Å²) in [5.74, 6) is -0.792. The highest BCUT2D eigenvalue weighted by molar-refractivity contribution is 5.82. The van der Waals surface area contributed by atoms with Gasteiger partial charge in [0.05, 0.1) is 25.4 Å². The van der Waals surface area contributed by atoms with Crippen LogP contribution in [0.1, 0.15) is 68.3 Å². The minimum Gasteiger partial charge on any atom is -0.453 e. The maximum absolute atomic E-state index is 12.2. The summed E-state index contributed by atoms with van der Waals surface area (Å²) in [7, 11) is 0. The van der Waals surface area contributed by atoms with Crippen LogP contribution in [0.5, 0.6) is 0 Å². The smallest absolute Gasteiger partial charge is 0.303 e. The number of aliphatic hydroxyl groups is 2. The third kappa shape index (κ3) is 7.43. The summed E-state index contributed by atoms with van der Waals surface area (Å²) < 4.78 is 18.0. The Kier molecular flexibility index (Phi) is 10.1. The lowest BCUT2D eigenvalue weighted by atomic mass is 9.90. The number of carbonyl (C=O) groups excluding carboxylic acids is 2. The van der Waals surface area contributed by atoms with E-state index < -0.39 is 18.4 Å². The van der Waals surface area contributed by atoms with Gasteiger partial charge in [0, 0.05) is 37.5 Å². The minimum atomic E-state index is -0.853. The Hall–Kier alpha value is -2.82. The number of nitrogens with one attached hydrogen (secondary N) is 1. The Bertz CT molecular complexity index is 1090. The first-order chi connectivity index (χ1) is 18.8. The molecule has 0 saturated carbocycles. The molecule has 9 heteroatoms. The van der Waals surface area contributed by atoms with Crippen molar-refractivity contribution in [3.05, 3.63) is 70.8 Å². The molecule has 1 amide bonds. The summed E-state index contributed by atoms with van der Waals surface area (Å²) >= 11 is 0. The molecule has 39 heavy (non-hydrogen) atoms. The van der Waals surface area contributed by atoms with E-state index in [1.54, 1.807) is 0 Å². The fraction of sp³-hybridized carbons (Fsp3) is 0.533. The quantitative estimate of drug-likeness (QED) is 0.394. The van der Waals surface area contributed by atoms with Crippen molar-refractivity contribution in [3.63, 3.8) is 0 Å². The van der Waals surface area contributed by atoms with Gasteiger partial charge in [-0.2, -0.15) is 0 Å². The molecule has 2 saturated heterocycles. The van der Waals surface area contributed by atoms with E-state index in [0.717, 1.165) is 41.6 Å². The van der Waals surface area contributed by atoms with Gasteiger partial charge in [-0.3, -0.25) is 14.5 Å². The van der Waals surface area contributed by atoms with Crippen molar-refractivity contribution in [3.8, 4) is 0 Å². The van der Waals surface area contributed by atoms with Crippen molar-refractivity contribution in [2.75, 3.05) is 19.7 Å². The molecule has 2 aliphatic rings. The van der Waals surface area contributed by atoms with E-state index in [4.69, 9.17) is 14.2 Å². The van der Waals surface area contributed by atoms with Crippen LogP contribution in [-0.2, 0) is 37.0 Å². The monoisotopic (exact) mass is 540 g/mol. The molecule has 2 fully saturated rings. The van der Waals surface area contributed by atoms with Crippen LogP contribution in [0.3, 0.4) is 0 Å². The van der Waals surface area contributed by atoms with Crippen molar-refractivity contribution in [2.24, 2.45) is 5.92 Å². The first kappa shape index (κ1) is 29.2. The summed E-state index contributed by atoms with van der Waals surface area (Å²) in [5, 5.41) is 22.1. The van der Waals surface area contributed by atoms with Gasteiger partial charge < -0.3 is 29.7 Å². The number of nitrogens with zero attached hydrogens (tertiary/aromatic N) is 1. The van der Waals surface area contributed by atoms with Gasteiger partial charge in [0.2, 0.25) is 0 Å². The van der Waals surface area contributed by atoms with E-state index in [1.165, 1.54) is 13.8 Å². The van der Waals surface area contributed by atoms with Gasteiger partial charge in [0.1, 0.15) is 0 Å². The molecule has 6 atom stereocenters. The molecule has 0 bridgehead atoms. The summed E-state index contributed by atoms with van der Waals surface area (Å²) in [6.07, 6.45) is 0.293. The summed E-state index contributed by atoms with van der Waals surface area (Å²) in [6, 6.07) is 15.7. The molecular formula is C30H40N2O7. The van der Waals surface area contributed by atoms with Crippen molar-refractivity contribution in [2.45, 2.75) is 77.4 Å². The Morgan fingerprint density at radius 3 is 2.36 bits per heavy atom. The average molecular weight is 541 g/mol. The number of benzene rings is 2. The molecule has 2 heterocycles. The van der Waals surface area contributed by atoms with E-state index in [2.05, 4.69) is 17.1 Å². The predicted octanol–water partition coefficient (Wildman–Crippen LogP) is 2.99. The van der Waals surface area contributed by atoms with E-state index in [1.807, 2.05) is 48.5 Å². The average Bonchev–Trinajstić information content (AvgIpc) is 3.40. The third-order valence-electron chi connectivity index (χ3n) is 7.68. The van der Waals surface area contributed by atoms with Gasteiger partial charge in [0.15, 0.2) is 12.4 Å². The van der Waals surface area contributed by atoms with Crippen LogP contribution in [0.4, 0.5) is 0 Å². The summed E-state index contributed by atoms with van der Waals surface area (Å²) in [6.45, 7) is 7.03. The molecule has 0 spiro atoms. The number of amides is 1. The first-order valence-corrected chi connectivity index (χ1v) is 13.7. The Morgan fingerprint density at radius 2 is 1.72 bits per heavy atom. The number of esters is 1. The van der Waals surface area contributed by atoms with Crippen LogP contribution in [0.25, 0.3) is 0 Å². The van der Waals surface area contributed by atoms with Crippen LogP contribution in [0.15, 0.2) is 48.5 Å². The molecule has 6 unspecified atom stereocenters. The van der Waals surface area contributed by atoms with Crippen molar-refractivity contribution < 1.29 is 34.0 Å². The highest BCUT2D eigenvalue weighted by Crippen LogP contribution is 2.42. The predicted molar refractivity (Wildman–Crippen MR) is 144 cm³/mol. The molecule has 3 N–H and O–H groups in total. The SMILES string of the molecule is CC(=O)OC(C)C(=O)NCc1ccc(C2OC(CN3CCCC3CO)C(C)C(c3ccc(CO)cc3)O2)cc1. The fourth-order valence-electron chi connectivity index (χ4n) is 5.33. The second-order valence-corrected chi connectivity index (χ2v) is 10.5. The fourth-order valence-corrected chi connectivity index (χ4v) is 5.33. The Morgan fingerprint density at radius 1 is 1.05 bits per heavy atom. The van der Waals surface area contributed by atoms with Crippen LogP contribution in [0, 0.1) is 5.92 Å². The molecule has 0 radical (unpaired) electrons. The van der Waals surface area contributed by atoms with Crippen LogP contribution < -0.4 is 5.32 Å². The molecule has 2 aliphatic heterocycles. The van der Waals surface area contributed by atoms with Gasteiger partial charge in [-0.05, 0) is 43.0 Å². The largest absolute Gasteiger partial charge is 0.453 e. The van der Waals surface area contributed by atoms with E-state index in [0.29, 0.717) is 13.1 Å². The zero-order valence-electron chi connectivity index (χ0n) is 22.9. The lowest BCUT2D eigenvalue weighted by Gasteiger charge is -2.43. The number of carbonyl (C=O) groups is 2. The molecular weight excluding hydrogens is 500 g/mol. The van der Waals surface area contributed by atoms with Crippen molar-refractivity contribution in [1.29, 1.82) is 0 Å². The number of hydrogen-bond donors (Lipinski definition) is 3. The number of aliphatic hydroxyl groups excluding tert-OH is 2. The van der Waals surface area contributed by atoms with Gasteiger partial charge in [-0.15, -0.1) is 0 Å². The first-order valence-electron chi connectivity index (χ1n) is 13.7. The third-order valence-corrected chi connectivity index (χ3v) is 7.68. The maximum atomic E-state index is 12.2. The van der Waals surface area contributed by atoms with Gasteiger partial charge in [0.25, 0.3) is 5.91 Å². The van der Waals surface area contributed by atoms with E-state index in [-0.39, 0.29) is 43.3 Å². The minimum absolute atomic E-state index is 0.0112. The van der Waals surface area contributed by atoms with Gasteiger partial charge >= 0.3 is 5.97 Å². The zero-order chi connectivity index (χ0) is 27.9. The molecule has 212 valence electrons. The Balaban J connectivity index is 1.48. The lowest BCUT2D eigenvalue weighted by Crippen LogP contribution is -2.46. The second kappa shape index (κ2) is 13.5. The highest BCUT2D eigenvalue weighted by Gasteiger charge is 2.40. The standard InChI is InChI=1S/C30H40N2O7/c1-19-27(16-32-14-4-5-26(32)18-34)38-30(39-28(19)24-10-8-23(17-33)9-11-24)25-12-6-22(7-13-25)15-31-29(36)20(2)37-21(3)35/h6-13,19-20,26-28,30,33-34H,4-5,14-18H2,1-3H3,(H,31,36). The summed E-state index contributed by atoms with van der Waals surface area (Å²) in [4.78, 5) is 25.6. The summed E-state index contributed by atoms with van der Waals surface area (Å²) in [5.41, 5.74) is 3.63. The molecule has 0 aromatic heterocycles. The van der Waals surface area contributed by atoms with E-state index in [9.17, 15) is 19.8 Å². The van der Waals surface area contributed by atoms with Gasteiger partial charge in [-0.25, -0.2) is 0 Å². The molecule has 9 nitrogen and oxygen atoms in total. The van der Waals surface area contributed by atoms with Crippen LogP contribution in [0.2, 0.25) is 0 Å². The number of ether oxygens (including phenoxy) is 3. The zero-order valence-corrected chi connectivity index (χ0v) is 22.9. The van der Waals surface area contributed by atoms with Crippen molar-refractivity contribution in [1.82, 2.24) is 10.2 Å².